The van der Waals surface area contributed by atoms with E-state index in [0.29, 0.717) is 23.7 Å². The third-order valence-corrected chi connectivity index (χ3v) is 4.97. The zero-order chi connectivity index (χ0) is 17.4. The molecular formula is C21H20N2O2. The molecule has 0 bridgehead atoms. The summed E-state index contributed by atoms with van der Waals surface area (Å²) in [5, 5.41) is 3.07. The van der Waals surface area contributed by atoms with Crippen LogP contribution in [-0.4, -0.2) is 29.3 Å². The molecule has 4 heteroatoms. The summed E-state index contributed by atoms with van der Waals surface area (Å²) in [6, 6.07) is 17.9. The van der Waals surface area contributed by atoms with E-state index in [1.165, 1.54) is 5.56 Å². The van der Waals surface area contributed by atoms with Gasteiger partial charge in [-0.3, -0.25) is 9.59 Å². The predicted molar refractivity (Wildman–Crippen MR) is 96.9 cm³/mol. The Balaban J connectivity index is 1.30. The van der Waals surface area contributed by atoms with Crippen molar-refractivity contribution in [2.24, 2.45) is 0 Å². The Hall–Kier alpha value is -2.88. The van der Waals surface area contributed by atoms with Gasteiger partial charge in [-0.25, -0.2) is 0 Å². The summed E-state index contributed by atoms with van der Waals surface area (Å²) in [5.74, 6) is 0.333. The Labute approximate surface area is 147 Å². The SMILES string of the molecule is C=C1c2ccccc2C(=O)N1CCC(=O)NC1CC1c1ccccc1. The van der Waals surface area contributed by atoms with E-state index in [1.54, 1.807) is 11.0 Å². The van der Waals surface area contributed by atoms with Gasteiger partial charge in [0.15, 0.2) is 0 Å². The molecule has 4 rings (SSSR count). The molecule has 1 heterocycles. The topological polar surface area (TPSA) is 49.4 Å². The molecule has 0 spiro atoms. The van der Waals surface area contributed by atoms with Crippen molar-refractivity contribution in [2.75, 3.05) is 6.54 Å². The molecule has 1 N–H and O–H groups in total. The van der Waals surface area contributed by atoms with E-state index in [0.717, 1.165) is 12.0 Å². The molecule has 2 aromatic rings. The minimum atomic E-state index is -0.0676. The van der Waals surface area contributed by atoms with Crippen LogP contribution in [0.1, 0.15) is 40.2 Å². The molecule has 2 amide bonds. The summed E-state index contributed by atoms with van der Waals surface area (Å²) < 4.78 is 0. The minimum Gasteiger partial charge on any atom is -0.353 e. The van der Waals surface area contributed by atoms with Gasteiger partial charge in [0.25, 0.3) is 5.91 Å². The molecule has 1 fully saturated rings. The molecule has 25 heavy (non-hydrogen) atoms. The molecule has 1 aliphatic carbocycles. The number of benzene rings is 2. The summed E-state index contributed by atoms with van der Waals surface area (Å²) in [6.07, 6.45) is 1.27. The standard InChI is InChI=1S/C21H20N2O2/c1-14-16-9-5-6-10-17(16)21(25)23(14)12-11-20(24)22-19-13-18(19)15-7-3-2-4-8-15/h2-10,18-19H,1,11-13H2,(H,22,24). The van der Waals surface area contributed by atoms with Crippen LogP contribution in [0, 0.1) is 0 Å². The molecule has 1 saturated carbocycles. The van der Waals surface area contributed by atoms with Crippen molar-refractivity contribution in [2.45, 2.75) is 24.8 Å². The maximum absolute atomic E-state index is 12.4. The number of nitrogens with one attached hydrogen (secondary N) is 1. The van der Waals surface area contributed by atoms with E-state index in [2.05, 4.69) is 24.0 Å². The van der Waals surface area contributed by atoms with Gasteiger partial charge in [-0.05, 0) is 18.1 Å². The zero-order valence-corrected chi connectivity index (χ0v) is 13.9. The lowest BCUT2D eigenvalue weighted by Gasteiger charge is -2.17. The first-order valence-electron chi connectivity index (χ1n) is 8.59. The quantitative estimate of drug-likeness (QED) is 0.914. The Bertz CT molecular complexity index is 809. The van der Waals surface area contributed by atoms with E-state index < -0.39 is 0 Å². The van der Waals surface area contributed by atoms with E-state index in [4.69, 9.17) is 0 Å². The van der Waals surface area contributed by atoms with E-state index >= 15 is 0 Å². The number of fused-ring (bicyclic) bond motifs is 1. The molecule has 2 atom stereocenters. The average Bonchev–Trinajstić information content (AvgIpc) is 3.36. The number of amides is 2. The Morgan fingerprint density at radius 2 is 1.76 bits per heavy atom. The van der Waals surface area contributed by atoms with Gasteiger partial charge in [-0.1, -0.05) is 55.1 Å². The lowest BCUT2D eigenvalue weighted by molar-refractivity contribution is -0.121. The Morgan fingerprint density at radius 1 is 1.08 bits per heavy atom. The molecule has 126 valence electrons. The smallest absolute Gasteiger partial charge is 0.258 e. The van der Waals surface area contributed by atoms with Crippen LogP contribution in [0.25, 0.3) is 5.70 Å². The number of hydrogen-bond acceptors (Lipinski definition) is 2. The molecule has 4 nitrogen and oxygen atoms in total. The van der Waals surface area contributed by atoms with Crippen LogP contribution in [0.5, 0.6) is 0 Å². The van der Waals surface area contributed by atoms with Crippen molar-refractivity contribution in [1.82, 2.24) is 10.2 Å². The highest BCUT2D eigenvalue weighted by Gasteiger charge is 2.39. The van der Waals surface area contributed by atoms with Crippen LogP contribution in [0.3, 0.4) is 0 Å². The summed E-state index contributed by atoms with van der Waals surface area (Å²) in [4.78, 5) is 26.3. The van der Waals surface area contributed by atoms with Gasteiger partial charge in [0.2, 0.25) is 5.91 Å². The normalized spacial score (nSPS) is 21.2. The van der Waals surface area contributed by atoms with Crippen molar-refractivity contribution >= 4 is 17.5 Å². The summed E-state index contributed by atoms with van der Waals surface area (Å²) in [6.45, 7) is 4.37. The van der Waals surface area contributed by atoms with Crippen LogP contribution in [-0.2, 0) is 4.79 Å². The molecule has 0 radical (unpaired) electrons. The second-order valence-electron chi connectivity index (χ2n) is 6.63. The summed E-state index contributed by atoms with van der Waals surface area (Å²) >= 11 is 0. The third kappa shape index (κ3) is 2.95. The van der Waals surface area contributed by atoms with E-state index in [9.17, 15) is 9.59 Å². The van der Waals surface area contributed by atoms with Gasteiger partial charge in [0.1, 0.15) is 0 Å². The number of carbonyl (C=O) groups excluding carboxylic acids is 2. The lowest BCUT2D eigenvalue weighted by Crippen LogP contribution is -2.32. The first kappa shape index (κ1) is 15.6. The second kappa shape index (κ2) is 6.20. The highest BCUT2D eigenvalue weighted by Crippen LogP contribution is 2.40. The molecule has 2 aliphatic rings. The number of nitrogens with zero attached hydrogens (tertiary/aromatic N) is 1. The Morgan fingerprint density at radius 3 is 2.48 bits per heavy atom. The lowest BCUT2D eigenvalue weighted by atomic mass is 10.1. The van der Waals surface area contributed by atoms with Gasteiger partial charge < -0.3 is 10.2 Å². The second-order valence-corrected chi connectivity index (χ2v) is 6.63. The maximum atomic E-state index is 12.4. The maximum Gasteiger partial charge on any atom is 0.258 e. The van der Waals surface area contributed by atoms with Crippen molar-refractivity contribution in [1.29, 1.82) is 0 Å². The fraction of sp³-hybridized carbons (Fsp3) is 0.238. The van der Waals surface area contributed by atoms with Crippen LogP contribution in [0.2, 0.25) is 0 Å². The van der Waals surface area contributed by atoms with Gasteiger partial charge in [0, 0.05) is 41.7 Å². The molecule has 1 aliphatic heterocycles. The molecule has 2 unspecified atom stereocenters. The van der Waals surface area contributed by atoms with Crippen molar-refractivity contribution in [3.8, 4) is 0 Å². The van der Waals surface area contributed by atoms with E-state index in [1.807, 2.05) is 36.4 Å². The zero-order valence-electron chi connectivity index (χ0n) is 13.9. The molecule has 2 aromatic carbocycles. The van der Waals surface area contributed by atoms with Crippen molar-refractivity contribution in [3.05, 3.63) is 77.9 Å². The fourth-order valence-electron chi connectivity index (χ4n) is 3.49. The largest absolute Gasteiger partial charge is 0.353 e. The van der Waals surface area contributed by atoms with Gasteiger partial charge in [-0.15, -0.1) is 0 Å². The average molecular weight is 332 g/mol. The van der Waals surface area contributed by atoms with Crippen LogP contribution in [0.4, 0.5) is 0 Å². The first-order chi connectivity index (χ1) is 12.1. The van der Waals surface area contributed by atoms with Gasteiger partial charge in [0.05, 0.1) is 0 Å². The predicted octanol–water partition coefficient (Wildman–Crippen LogP) is 3.18. The van der Waals surface area contributed by atoms with Crippen LogP contribution < -0.4 is 5.32 Å². The van der Waals surface area contributed by atoms with Crippen molar-refractivity contribution in [3.63, 3.8) is 0 Å². The van der Waals surface area contributed by atoms with Gasteiger partial charge in [-0.2, -0.15) is 0 Å². The minimum absolute atomic E-state index is 0.0139. The van der Waals surface area contributed by atoms with Crippen molar-refractivity contribution < 1.29 is 9.59 Å². The number of hydrogen-bond donors (Lipinski definition) is 1. The first-order valence-corrected chi connectivity index (χ1v) is 8.59. The van der Waals surface area contributed by atoms with Crippen LogP contribution in [0.15, 0.2) is 61.2 Å². The highest BCUT2D eigenvalue weighted by atomic mass is 16.2. The molecular weight excluding hydrogens is 312 g/mol. The Kier molecular flexibility index (Phi) is 3.88. The number of rotatable bonds is 5. The van der Waals surface area contributed by atoms with Gasteiger partial charge >= 0.3 is 0 Å². The third-order valence-electron chi connectivity index (χ3n) is 4.97. The molecule has 0 aromatic heterocycles. The fourth-order valence-corrected chi connectivity index (χ4v) is 3.49. The highest BCUT2D eigenvalue weighted by molar-refractivity contribution is 6.08. The molecule has 0 saturated heterocycles. The monoisotopic (exact) mass is 332 g/mol. The summed E-state index contributed by atoms with van der Waals surface area (Å²) in [7, 11) is 0. The van der Waals surface area contributed by atoms with E-state index in [-0.39, 0.29) is 24.3 Å². The number of carbonyl (C=O) groups is 2. The van der Waals surface area contributed by atoms with Crippen LogP contribution >= 0.6 is 0 Å². The summed E-state index contributed by atoms with van der Waals surface area (Å²) in [5.41, 5.74) is 3.48.